The summed E-state index contributed by atoms with van der Waals surface area (Å²) in [4.78, 5) is 23.6. The molecule has 0 aromatic heterocycles. The predicted molar refractivity (Wildman–Crippen MR) is 198 cm³/mol. The fourth-order valence-electron chi connectivity index (χ4n) is 5.96. The maximum absolute atomic E-state index is 12.9. The molecule has 4 aromatic rings. The molecule has 2 N–H and O–H groups in total. The first-order valence-electron chi connectivity index (χ1n) is 17.4. The molecule has 3 aliphatic rings. The molecule has 3 heterocycles. The van der Waals surface area contributed by atoms with Crippen LogP contribution in [-0.4, -0.2) is 94.3 Å². The summed E-state index contributed by atoms with van der Waals surface area (Å²) < 4.78 is 30.8. The van der Waals surface area contributed by atoms with Crippen LogP contribution < -0.4 is 20.4 Å². The van der Waals surface area contributed by atoms with Crippen molar-refractivity contribution in [3.63, 3.8) is 0 Å². The SMILES string of the molecule is C[C@@H]1COC(c2ccc(F)cc2)=N1.C[C@H](CN1CCN(c2ccccc2)CC1)NC(=O)c1ccc(F)cc1.c1ccc(N2CCNCC2)cc1. The van der Waals surface area contributed by atoms with Gasteiger partial charge in [-0.05, 0) is 86.6 Å². The summed E-state index contributed by atoms with van der Waals surface area (Å²) in [7, 11) is 0. The van der Waals surface area contributed by atoms with Crippen LogP contribution >= 0.6 is 0 Å². The fraction of sp³-hybridized carbons (Fsp3) is 0.350. The number of ether oxygens (including phenoxy) is 1. The van der Waals surface area contributed by atoms with Gasteiger partial charge in [-0.2, -0.15) is 0 Å². The Kier molecular flexibility index (Phi) is 13.7. The van der Waals surface area contributed by atoms with E-state index in [0.29, 0.717) is 18.1 Å². The van der Waals surface area contributed by atoms with Crippen molar-refractivity contribution in [1.82, 2.24) is 15.5 Å². The molecule has 1 amide bonds. The summed E-state index contributed by atoms with van der Waals surface area (Å²) in [6, 6.07) is 33.1. The van der Waals surface area contributed by atoms with E-state index in [-0.39, 0.29) is 29.6 Å². The molecule has 0 saturated carbocycles. The molecule has 2 saturated heterocycles. The zero-order valence-electron chi connectivity index (χ0n) is 29.0. The monoisotopic (exact) mass is 682 g/mol. The van der Waals surface area contributed by atoms with Gasteiger partial charge in [0.1, 0.15) is 18.2 Å². The lowest BCUT2D eigenvalue weighted by Crippen LogP contribution is -2.50. The molecular weight excluding hydrogens is 634 g/mol. The van der Waals surface area contributed by atoms with Crippen molar-refractivity contribution in [3.05, 3.63) is 132 Å². The molecule has 8 nitrogen and oxygen atoms in total. The summed E-state index contributed by atoms with van der Waals surface area (Å²) in [5.41, 5.74) is 3.94. The zero-order chi connectivity index (χ0) is 35.1. The second-order valence-corrected chi connectivity index (χ2v) is 12.7. The number of amides is 1. The Labute approximate surface area is 294 Å². The van der Waals surface area contributed by atoms with E-state index >= 15 is 0 Å². The first-order valence-corrected chi connectivity index (χ1v) is 17.4. The lowest BCUT2D eigenvalue weighted by Gasteiger charge is -2.37. The largest absolute Gasteiger partial charge is 0.475 e. The number of hydrogen-bond acceptors (Lipinski definition) is 7. The van der Waals surface area contributed by atoms with Gasteiger partial charge in [0.25, 0.3) is 5.91 Å². The van der Waals surface area contributed by atoms with E-state index < -0.39 is 0 Å². The van der Waals surface area contributed by atoms with Crippen molar-refractivity contribution in [2.75, 3.05) is 75.3 Å². The van der Waals surface area contributed by atoms with Gasteiger partial charge in [-0.1, -0.05) is 36.4 Å². The molecule has 0 unspecified atom stereocenters. The van der Waals surface area contributed by atoms with Gasteiger partial charge < -0.3 is 25.2 Å². The lowest BCUT2D eigenvalue weighted by molar-refractivity contribution is 0.0928. The van der Waals surface area contributed by atoms with Crippen LogP contribution in [-0.2, 0) is 4.74 Å². The normalized spacial score (nSPS) is 18.0. The summed E-state index contributed by atoms with van der Waals surface area (Å²) >= 11 is 0. The Morgan fingerprint density at radius 3 is 1.82 bits per heavy atom. The van der Waals surface area contributed by atoms with Gasteiger partial charge in [0.2, 0.25) is 5.90 Å². The summed E-state index contributed by atoms with van der Waals surface area (Å²) in [5, 5.41) is 6.33. The van der Waals surface area contributed by atoms with Gasteiger partial charge in [0.05, 0.1) is 6.04 Å². The maximum atomic E-state index is 12.9. The third-order valence-corrected chi connectivity index (χ3v) is 8.64. The first-order chi connectivity index (χ1) is 24.3. The molecular formula is C40H48F2N6O2. The number of hydrogen-bond donors (Lipinski definition) is 2. The van der Waals surface area contributed by atoms with Gasteiger partial charge in [0.15, 0.2) is 0 Å². The standard InChI is InChI=1S/C20H24FN3O.C10H10FNO.C10H14N2/c1-16(22-20(25)17-7-9-18(21)10-8-17)15-23-11-13-24(14-12-23)19-5-3-2-4-6-19;1-7-6-13-10(12-7)8-2-4-9(11)5-3-8;1-2-4-10(5-3-1)12-8-6-11-7-9-12/h2-10,16H,11-15H2,1H3,(H,22,25);2-5,7H,6H2,1H3;1-5,11H,6-9H2/t16-;7-;/m11./s1. The Hall–Kier alpha value is -4.80. The van der Waals surface area contributed by atoms with Crippen molar-refractivity contribution in [2.24, 2.45) is 4.99 Å². The van der Waals surface area contributed by atoms with E-state index in [0.717, 1.165) is 64.5 Å². The van der Waals surface area contributed by atoms with E-state index in [1.807, 2.05) is 19.9 Å². The average Bonchev–Trinajstić information content (AvgIpc) is 3.60. The highest BCUT2D eigenvalue weighted by Crippen LogP contribution is 2.16. The van der Waals surface area contributed by atoms with E-state index in [4.69, 9.17) is 4.74 Å². The van der Waals surface area contributed by atoms with E-state index in [9.17, 15) is 13.6 Å². The second-order valence-electron chi connectivity index (χ2n) is 12.7. The van der Waals surface area contributed by atoms with Crippen LogP contribution in [0.5, 0.6) is 0 Å². The summed E-state index contributed by atoms with van der Waals surface area (Å²) in [6.45, 7) is 13.8. The number of nitrogens with one attached hydrogen (secondary N) is 2. The van der Waals surface area contributed by atoms with Crippen LogP contribution in [0, 0.1) is 11.6 Å². The number of carbonyl (C=O) groups excluding carboxylic acids is 1. The van der Waals surface area contributed by atoms with Gasteiger partial charge >= 0.3 is 0 Å². The Balaban J connectivity index is 0.000000162. The molecule has 2 fully saturated rings. The quantitative estimate of drug-likeness (QED) is 0.255. The molecule has 0 spiro atoms. The number of piperazine rings is 2. The van der Waals surface area contributed by atoms with Gasteiger partial charge in [-0.15, -0.1) is 0 Å². The van der Waals surface area contributed by atoms with Gasteiger partial charge in [-0.25, -0.2) is 13.8 Å². The molecule has 264 valence electrons. The minimum absolute atomic E-state index is 0.0424. The topological polar surface area (TPSA) is 72.4 Å². The minimum atomic E-state index is -0.333. The molecule has 2 atom stereocenters. The highest BCUT2D eigenvalue weighted by molar-refractivity contribution is 5.95. The number of carbonyl (C=O) groups is 1. The van der Waals surface area contributed by atoms with Gasteiger partial charge in [0, 0.05) is 87.4 Å². The molecule has 10 heteroatoms. The predicted octanol–water partition coefficient (Wildman–Crippen LogP) is 5.85. The molecule has 3 aliphatic heterocycles. The highest BCUT2D eigenvalue weighted by Gasteiger charge is 2.20. The van der Waals surface area contributed by atoms with Crippen LogP contribution in [0.4, 0.5) is 20.2 Å². The van der Waals surface area contributed by atoms with Crippen molar-refractivity contribution in [1.29, 1.82) is 0 Å². The minimum Gasteiger partial charge on any atom is -0.475 e. The average molecular weight is 683 g/mol. The van der Waals surface area contributed by atoms with Crippen LogP contribution in [0.2, 0.25) is 0 Å². The molecule has 7 rings (SSSR count). The van der Waals surface area contributed by atoms with Crippen molar-refractivity contribution < 1.29 is 18.3 Å². The zero-order valence-corrected chi connectivity index (χ0v) is 29.0. The molecule has 0 aliphatic carbocycles. The summed E-state index contributed by atoms with van der Waals surface area (Å²) in [5.74, 6) is -0.112. The Morgan fingerprint density at radius 2 is 1.30 bits per heavy atom. The maximum Gasteiger partial charge on any atom is 0.251 e. The van der Waals surface area contributed by atoms with Crippen LogP contribution in [0.15, 0.2) is 114 Å². The number of para-hydroxylation sites is 2. The third kappa shape index (κ3) is 11.4. The number of aliphatic imine (C=N–C) groups is 1. The number of halogens is 2. The second kappa shape index (κ2) is 18.8. The van der Waals surface area contributed by atoms with Crippen molar-refractivity contribution in [3.8, 4) is 0 Å². The Morgan fingerprint density at radius 1 is 0.780 bits per heavy atom. The Bertz CT molecular complexity index is 1610. The van der Waals surface area contributed by atoms with Gasteiger partial charge in [-0.3, -0.25) is 9.69 Å². The summed E-state index contributed by atoms with van der Waals surface area (Å²) in [6.07, 6.45) is 0. The van der Waals surface area contributed by atoms with E-state index in [1.54, 1.807) is 12.1 Å². The number of rotatable bonds is 7. The van der Waals surface area contributed by atoms with E-state index in [2.05, 4.69) is 84.9 Å². The molecule has 50 heavy (non-hydrogen) atoms. The highest BCUT2D eigenvalue weighted by atomic mass is 19.1. The number of benzene rings is 4. The first kappa shape index (κ1) is 36.5. The fourth-order valence-corrected chi connectivity index (χ4v) is 5.96. The van der Waals surface area contributed by atoms with Crippen LogP contribution in [0.25, 0.3) is 0 Å². The van der Waals surface area contributed by atoms with E-state index in [1.165, 1.54) is 47.8 Å². The van der Waals surface area contributed by atoms with Crippen LogP contribution in [0.3, 0.4) is 0 Å². The van der Waals surface area contributed by atoms with Crippen molar-refractivity contribution in [2.45, 2.75) is 25.9 Å². The molecule has 4 aromatic carbocycles. The molecule has 0 radical (unpaired) electrons. The number of anilines is 2. The number of nitrogens with zero attached hydrogens (tertiary/aromatic N) is 4. The molecule has 0 bridgehead atoms. The smallest absolute Gasteiger partial charge is 0.251 e. The van der Waals surface area contributed by atoms with Crippen LogP contribution in [0.1, 0.15) is 29.8 Å². The lowest BCUT2D eigenvalue weighted by atomic mass is 10.2. The van der Waals surface area contributed by atoms with Crippen molar-refractivity contribution >= 4 is 23.2 Å². The third-order valence-electron chi connectivity index (χ3n) is 8.64.